The first-order chi connectivity index (χ1) is 13.6. The Morgan fingerprint density at radius 2 is 2.11 bits per heavy atom. The van der Waals surface area contributed by atoms with Gasteiger partial charge in [0.1, 0.15) is 6.33 Å². The van der Waals surface area contributed by atoms with E-state index in [1.54, 1.807) is 0 Å². The molecule has 1 aliphatic rings. The number of anilines is 3. The van der Waals surface area contributed by atoms with Crippen LogP contribution in [0.4, 0.5) is 23.0 Å². The topological polar surface area (TPSA) is 115 Å². The van der Waals surface area contributed by atoms with E-state index in [0.29, 0.717) is 12.2 Å². The second-order valence-electron chi connectivity index (χ2n) is 6.65. The highest BCUT2D eigenvalue weighted by Gasteiger charge is 2.25. The summed E-state index contributed by atoms with van der Waals surface area (Å²) in [5.41, 5.74) is 2.03. The molecule has 2 N–H and O–H groups in total. The predicted molar refractivity (Wildman–Crippen MR) is 106 cm³/mol. The highest BCUT2D eigenvalue weighted by Crippen LogP contribution is 2.33. The molecular formula is C19H20N6O3. The summed E-state index contributed by atoms with van der Waals surface area (Å²) >= 11 is 0. The van der Waals surface area contributed by atoms with E-state index in [4.69, 9.17) is 4.74 Å². The number of nitro groups is 1. The highest BCUT2D eigenvalue weighted by atomic mass is 16.6. The maximum absolute atomic E-state index is 11.7. The van der Waals surface area contributed by atoms with Crippen LogP contribution in [0.5, 0.6) is 0 Å². The molecule has 3 aromatic rings. The van der Waals surface area contributed by atoms with Gasteiger partial charge < -0.3 is 15.4 Å². The predicted octanol–water partition coefficient (Wildman–Crippen LogP) is 3.58. The number of para-hydroxylation sites is 1. The van der Waals surface area contributed by atoms with Crippen molar-refractivity contribution in [3.05, 3.63) is 52.5 Å². The van der Waals surface area contributed by atoms with Gasteiger partial charge in [0.05, 0.1) is 22.2 Å². The number of benzene rings is 1. The van der Waals surface area contributed by atoms with Crippen molar-refractivity contribution in [2.75, 3.05) is 23.8 Å². The first-order valence-electron chi connectivity index (χ1n) is 9.10. The molecule has 0 aliphatic carbocycles. The lowest BCUT2D eigenvalue weighted by Gasteiger charge is -2.13. The zero-order valence-corrected chi connectivity index (χ0v) is 15.4. The third-order valence-electron chi connectivity index (χ3n) is 4.64. The summed E-state index contributed by atoms with van der Waals surface area (Å²) in [5.74, 6) is 0.285. The minimum atomic E-state index is -0.482. The monoisotopic (exact) mass is 380 g/mol. The SMILES string of the molecule is Cc1ccc2cccc(Nc3ncnc(NCC4CCCO4)c3[N+](=O)[O-])c2n1. The molecule has 0 bridgehead atoms. The van der Waals surface area contributed by atoms with Crippen LogP contribution in [0, 0.1) is 17.0 Å². The number of nitrogens with zero attached hydrogens (tertiary/aromatic N) is 4. The molecule has 1 unspecified atom stereocenters. The van der Waals surface area contributed by atoms with E-state index in [2.05, 4.69) is 25.6 Å². The molecule has 0 radical (unpaired) electrons. The summed E-state index contributed by atoms with van der Waals surface area (Å²) in [7, 11) is 0. The second-order valence-corrected chi connectivity index (χ2v) is 6.65. The van der Waals surface area contributed by atoms with Gasteiger partial charge >= 0.3 is 5.69 Å². The normalized spacial score (nSPS) is 16.2. The number of hydrogen-bond acceptors (Lipinski definition) is 8. The standard InChI is InChI=1S/C19H20N6O3/c1-12-7-8-13-4-2-6-15(16(13)23-12)24-19-17(25(26)27)18(21-11-22-19)20-10-14-5-3-9-28-14/h2,4,6-8,11,14H,3,5,9-10H2,1H3,(H2,20,21,22,24). The van der Waals surface area contributed by atoms with E-state index in [-0.39, 0.29) is 23.4 Å². The lowest BCUT2D eigenvalue weighted by atomic mass is 10.1. The van der Waals surface area contributed by atoms with Crippen molar-refractivity contribution in [2.45, 2.75) is 25.9 Å². The first kappa shape index (κ1) is 18.1. The molecule has 1 saturated heterocycles. The van der Waals surface area contributed by atoms with E-state index in [1.165, 1.54) is 6.33 Å². The van der Waals surface area contributed by atoms with Crippen LogP contribution in [0.15, 0.2) is 36.7 Å². The van der Waals surface area contributed by atoms with Crippen LogP contribution in [0.25, 0.3) is 10.9 Å². The Labute approximate surface area is 161 Å². The van der Waals surface area contributed by atoms with Gasteiger partial charge in [-0.25, -0.2) is 9.97 Å². The van der Waals surface area contributed by atoms with E-state index in [9.17, 15) is 10.1 Å². The Kier molecular flexibility index (Phi) is 4.98. The highest BCUT2D eigenvalue weighted by molar-refractivity contribution is 5.93. The van der Waals surface area contributed by atoms with Gasteiger partial charge in [0, 0.05) is 24.2 Å². The number of aryl methyl sites for hydroxylation is 1. The third-order valence-corrected chi connectivity index (χ3v) is 4.64. The molecule has 9 nitrogen and oxygen atoms in total. The molecule has 1 atom stereocenters. The zero-order chi connectivity index (χ0) is 19.5. The molecule has 0 amide bonds. The lowest BCUT2D eigenvalue weighted by Crippen LogP contribution is -2.20. The number of pyridine rings is 1. The average molecular weight is 380 g/mol. The summed E-state index contributed by atoms with van der Waals surface area (Å²) in [6.07, 6.45) is 3.27. The molecule has 1 aliphatic heterocycles. The third kappa shape index (κ3) is 3.70. The Hall–Kier alpha value is -3.33. The molecule has 4 rings (SSSR count). The van der Waals surface area contributed by atoms with Gasteiger partial charge in [-0.1, -0.05) is 18.2 Å². The van der Waals surface area contributed by atoms with Crippen molar-refractivity contribution in [3.63, 3.8) is 0 Å². The summed E-state index contributed by atoms with van der Waals surface area (Å²) in [6.45, 7) is 3.08. The molecule has 1 aromatic carbocycles. The van der Waals surface area contributed by atoms with Crippen LogP contribution in [0.3, 0.4) is 0 Å². The fourth-order valence-electron chi connectivity index (χ4n) is 3.26. The molecule has 3 heterocycles. The Balaban J connectivity index is 1.67. The Morgan fingerprint density at radius 3 is 2.89 bits per heavy atom. The summed E-state index contributed by atoms with van der Waals surface area (Å²) < 4.78 is 5.56. The number of ether oxygens (including phenoxy) is 1. The van der Waals surface area contributed by atoms with E-state index < -0.39 is 4.92 Å². The van der Waals surface area contributed by atoms with Gasteiger partial charge in [0.2, 0.25) is 11.6 Å². The Bertz CT molecular complexity index is 1020. The number of fused-ring (bicyclic) bond motifs is 1. The number of aromatic nitrogens is 3. The fourth-order valence-corrected chi connectivity index (χ4v) is 3.26. The molecular weight excluding hydrogens is 360 g/mol. The molecule has 1 fully saturated rings. The Morgan fingerprint density at radius 1 is 1.25 bits per heavy atom. The van der Waals surface area contributed by atoms with E-state index >= 15 is 0 Å². The van der Waals surface area contributed by atoms with Crippen LogP contribution < -0.4 is 10.6 Å². The van der Waals surface area contributed by atoms with Gasteiger partial charge in [-0.15, -0.1) is 0 Å². The van der Waals surface area contributed by atoms with Crippen molar-refractivity contribution in [1.29, 1.82) is 0 Å². The smallest absolute Gasteiger partial charge is 0.353 e. The largest absolute Gasteiger partial charge is 0.376 e. The summed E-state index contributed by atoms with van der Waals surface area (Å²) in [5, 5.41) is 18.8. The van der Waals surface area contributed by atoms with Crippen LogP contribution in [-0.2, 0) is 4.74 Å². The minimum absolute atomic E-state index is 0.0382. The molecule has 28 heavy (non-hydrogen) atoms. The molecule has 2 aromatic heterocycles. The van der Waals surface area contributed by atoms with Crippen molar-refractivity contribution in [1.82, 2.24) is 15.0 Å². The first-order valence-corrected chi connectivity index (χ1v) is 9.10. The van der Waals surface area contributed by atoms with Gasteiger partial charge in [-0.05, 0) is 31.9 Å². The van der Waals surface area contributed by atoms with Crippen molar-refractivity contribution < 1.29 is 9.66 Å². The van der Waals surface area contributed by atoms with Crippen molar-refractivity contribution >= 4 is 33.9 Å². The van der Waals surface area contributed by atoms with Gasteiger partial charge in [-0.3, -0.25) is 15.1 Å². The molecule has 0 spiro atoms. The maximum Gasteiger partial charge on any atom is 0.353 e. The van der Waals surface area contributed by atoms with Gasteiger partial charge in [0.25, 0.3) is 0 Å². The second kappa shape index (κ2) is 7.73. The van der Waals surface area contributed by atoms with Gasteiger partial charge in [-0.2, -0.15) is 0 Å². The lowest BCUT2D eigenvalue weighted by molar-refractivity contribution is -0.383. The summed E-state index contributed by atoms with van der Waals surface area (Å²) in [4.78, 5) is 24.0. The molecule has 9 heteroatoms. The fraction of sp³-hybridized carbons (Fsp3) is 0.316. The number of hydrogen-bond donors (Lipinski definition) is 2. The van der Waals surface area contributed by atoms with Crippen LogP contribution in [0.1, 0.15) is 18.5 Å². The zero-order valence-electron chi connectivity index (χ0n) is 15.4. The van der Waals surface area contributed by atoms with Gasteiger partial charge in [0.15, 0.2) is 0 Å². The van der Waals surface area contributed by atoms with Crippen LogP contribution in [-0.4, -0.2) is 39.1 Å². The number of nitrogens with one attached hydrogen (secondary N) is 2. The molecule has 0 saturated carbocycles. The van der Waals surface area contributed by atoms with Crippen LogP contribution in [0.2, 0.25) is 0 Å². The summed E-state index contributed by atoms with van der Waals surface area (Å²) in [6, 6.07) is 9.51. The van der Waals surface area contributed by atoms with E-state index in [1.807, 2.05) is 37.3 Å². The van der Waals surface area contributed by atoms with Crippen molar-refractivity contribution in [2.24, 2.45) is 0 Å². The number of rotatable bonds is 6. The minimum Gasteiger partial charge on any atom is -0.376 e. The van der Waals surface area contributed by atoms with Crippen LogP contribution >= 0.6 is 0 Å². The van der Waals surface area contributed by atoms with Crippen molar-refractivity contribution in [3.8, 4) is 0 Å². The quantitative estimate of drug-likeness (QED) is 0.492. The average Bonchev–Trinajstić information content (AvgIpc) is 3.20. The van der Waals surface area contributed by atoms with E-state index in [0.717, 1.165) is 36.0 Å². The molecule has 144 valence electrons. The maximum atomic E-state index is 11.7.